The third kappa shape index (κ3) is 3.30. The molecule has 0 aliphatic rings. The number of carbonyl (C=O) groups is 2. The lowest BCUT2D eigenvalue weighted by molar-refractivity contribution is 0.100. The average molecular weight is 324 g/mol. The van der Waals surface area contributed by atoms with E-state index < -0.39 is 23.4 Å². The number of benzene rings is 1. The van der Waals surface area contributed by atoms with Gasteiger partial charge in [0, 0.05) is 10.9 Å². The Hall–Kier alpha value is -2.28. The van der Waals surface area contributed by atoms with E-state index >= 15 is 0 Å². The average Bonchev–Trinajstić information content (AvgIpc) is 2.82. The lowest BCUT2D eigenvalue weighted by atomic mass is 10.1. The van der Waals surface area contributed by atoms with E-state index in [1.165, 1.54) is 11.3 Å². The number of rotatable bonds is 4. The largest absolute Gasteiger partial charge is 0.366 e. The molecule has 116 valence electrons. The van der Waals surface area contributed by atoms with Crippen LogP contribution >= 0.6 is 11.3 Å². The fraction of sp³-hybridized carbons (Fsp3) is 0.200. The van der Waals surface area contributed by atoms with Crippen molar-refractivity contribution >= 4 is 28.2 Å². The van der Waals surface area contributed by atoms with Gasteiger partial charge in [-0.15, -0.1) is 11.3 Å². The molecule has 3 N–H and O–H groups in total. The van der Waals surface area contributed by atoms with E-state index in [2.05, 4.69) is 5.32 Å². The molecule has 4 nitrogen and oxygen atoms in total. The summed E-state index contributed by atoms with van der Waals surface area (Å²) < 4.78 is 26.5. The van der Waals surface area contributed by atoms with Crippen molar-refractivity contribution in [3.63, 3.8) is 0 Å². The highest BCUT2D eigenvalue weighted by molar-refractivity contribution is 7.16. The first-order valence-corrected chi connectivity index (χ1v) is 7.31. The molecule has 0 fully saturated rings. The predicted octanol–water partition coefficient (Wildman–Crippen LogP) is 3.50. The number of amides is 2. The van der Waals surface area contributed by atoms with Crippen molar-refractivity contribution in [1.82, 2.24) is 0 Å². The summed E-state index contributed by atoms with van der Waals surface area (Å²) >= 11 is 1.20. The molecule has 7 heteroatoms. The van der Waals surface area contributed by atoms with Gasteiger partial charge in [0.1, 0.15) is 16.6 Å². The molecule has 1 heterocycles. The van der Waals surface area contributed by atoms with Gasteiger partial charge in [0.2, 0.25) is 0 Å². The molecule has 2 amide bonds. The third-order valence-electron chi connectivity index (χ3n) is 2.99. The predicted molar refractivity (Wildman–Crippen MR) is 81.2 cm³/mol. The quantitative estimate of drug-likeness (QED) is 0.903. The SMILES string of the molecule is CC(C)c1cc(C(N)=O)c(NC(=O)c2ccc(F)cc2F)s1. The minimum absolute atomic E-state index is 0.149. The molecule has 0 aliphatic heterocycles. The molecule has 0 aliphatic carbocycles. The molecular formula is C15H14F2N2O2S. The van der Waals surface area contributed by atoms with Gasteiger partial charge in [-0.25, -0.2) is 8.78 Å². The van der Waals surface area contributed by atoms with Crippen molar-refractivity contribution in [3.8, 4) is 0 Å². The second-order valence-electron chi connectivity index (χ2n) is 4.99. The van der Waals surface area contributed by atoms with Crippen LogP contribution < -0.4 is 11.1 Å². The summed E-state index contributed by atoms with van der Waals surface area (Å²) in [7, 11) is 0. The van der Waals surface area contributed by atoms with Crippen LogP contribution in [0.4, 0.5) is 13.8 Å². The number of nitrogens with one attached hydrogen (secondary N) is 1. The van der Waals surface area contributed by atoms with Gasteiger partial charge in [-0.1, -0.05) is 13.8 Å². The lowest BCUT2D eigenvalue weighted by Crippen LogP contribution is -2.17. The molecule has 2 rings (SSSR count). The maximum Gasteiger partial charge on any atom is 0.259 e. The summed E-state index contributed by atoms with van der Waals surface area (Å²) in [6, 6.07) is 4.26. The highest BCUT2D eigenvalue weighted by atomic mass is 32.1. The molecule has 0 atom stereocenters. The van der Waals surface area contributed by atoms with E-state index in [4.69, 9.17) is 5.73 Å². The van der Waals surface area contributed by atoms with Gasteiger partial charge in [-0.2, -0.15) is 0 Å². The number of hydrogen-bond acceptors (Lipinski definition) is 3. The summed E-state index contributed by atoms with van der Waals surface area (Å²) in [5.41, 5.74) is 5.15. The number of primary amides is 1. The Balaban J connectivity index is 2.33. The van der Waals surface area contributed by atoms with Crippen molar-refractivity contribution in [2.75, 3.05) is 5.32 Å². The van der Waals surface area contributed by atoms with Gasteiger partial charge in [0.05, 0.1) is 11.1 Å². The summed E-state index contributed by atoms with van der Waals surface area (Å²) in [6.07, 6.45) is 0. The molecule has 22 heavy (non-hydrogen) atoms. The number of halogens is 2. The van der Waals surface area contributed by atoms with E-state index in [9.17, 15) is 18.4 Å². The second-order valence-corrected chi connectivity index (χ2v) is 6.07. The van der Waals surface area contributed by atoms with E-state index in [0.717, 1.165) is 17.0 Å². The molecule has 0 spiro atoms. The maximum atomic E-state index is 13.6. The van der Waals surface area contributed by atoms with Gasteiger partial charge >= 0.3 is 0 Å². The van der Waals surface area contributed by atoms with Crippen LogP contribution in [0.15, 0.2) is 24.3 Å². The minimum atomic E-state index is -0.973. The van der Waals surface area contributed by atoms with Crippen molar-refractivity contribution < 1.29 is 18.4 Å². The zero-order chi connectivity index (χ0) is 16.4. The van der Waals surface area contributed by atoms with E-state index in [0.29, 0.717) is 6.07 Å². The van der Waals surface area contributed by atoms with Gasteiger partial charge < -0.3 is 11.1 Å². The second kappa shape index (κ2) is 6.23. The molecule has 0 bridgehead atoms. The molecule has 2 aromatic rings. The van der Waals surface area contributed by atoms with Crippen molar-refractivity contribution in [2.24, 2.45) is 5.73 Å². The van der Waals surface area contributed by atoms with Gasteiger partial charge in [0.25, 0.3) is 11.8 Å². The standard InChI is InChI=1S/C15H14F2N2O2S/c1-7(2)12-6-10(13(18)20)15(22-12)19-14(21)9-4-3-8(16)5-11(9)17/h3-7H,1-2H3,(H2,18,20)(H,19,21). The smallest absolute Gasteiger partial charge is 0.259 e. The fourth-order valence-electron chi connectivity index (χ4n) is 1.81. The van der Waals surface area contributed by atoms with Gasteiger partial charge in [0.15, 0.2) is 0 Å². The first-order valence-electron chi connectivity index (χ1n) is 6.49. The Morgan fingerprint density at radius 2 is 1.86 bits per heavy atom. The molecule has 0 unspecified atom stereocenters. The Labute approximate surface area is 129 Å². The van der Waals surface area contributed by atoms with Gasteiger partial charge in [-0.05, 0) is 24.1 Å². The topological polar surface area (TPSA) is 72.2 Å². The minimum Gasteiger partial charge on any atom is -0.366 e. The fourth-order valence-corrected chi connectivity index (χ4v) is 2.88. The zero-order valence-corrected chi connectivity index (χ0v) is 12.8. The number of carbonyl (C=O) groups excluding carboxylic acids is 2. The van der Waals surface area contributed by atoms with Crippen LogP contribution in [0.5, 0.6) is 0 Å². The number of nitrogens with two attached hydrogens (primary N) is 1. The molecular weight excluding hydrogens is 310 g/mol. The van der Waals surface area contributed by atoms with Crippen LogP contribution in [0.25, 0.3) is 0 Å². The Morgan fingerprint density at radius 3 is 2.41 bits per heavy atom. The maximum absolute atomic E-state index is 13.6. The highest BCUT2D eigenvalue weighted by Crippen LogP contribution is 2.33. The molecule has 0 radical (unpaired) electrons. The number of thiophene rings is 1. The first kappa shape index (κ1) is 16.1. The zero-order valence-electron chi connectivity index (χ0n) is 11.9. The van der Waals surface area contributed by atoms with E-state index in [-0.39, 0.29) is 22.0 Å². The van der Waals surface area contributed by atoms with Crippen LogP contribution in [0.3, 0.4) is 0 Å². The van der Waals surface area contributed by atoms with E-state index in [1.54, 1.807) is 6.07 Å². The number of anilines is 1. The Kier molecular flexibility index (Phi) is 4.56. The van der Waals surface area contributed by atoms with Crippen LogP contribution in [0.2, 0.25) is 0 Å². The third-order valence-corrected chi connectivity index (χ3v) is 4.34. The van der Waals surface area contributed by atoms with Crippen LogP contribution in [0.1, 0.15) is 45.4 Å². The summed E-state index contributed by atoms with van der Waals surface area (Å²) in [6.45, 7) is 3.86. The lowest BCUT2D eigenvalue weighted by Gasteiger charge is -2.05. The number of hydrogen-bond donors (Lipinski definition) is 2. The van der Waals surface area contributed by atoms with Crippen molar-refractivity contribution in [2.45, 2.75) is 19.8 Å². The molecule has 1 aromatic heterocycles. The van der Waals surface area contributed by atoms with Crippen LogP contribution in [-0.2, 0) is 0 Å². The summed E-state index contributed by atoms with van der Waals surface area (Å²) in [5, 5.41) is 2.71. The van der Waals surface area contributed by atoms with Crippen molar-refractivity contribution in [1.29, 1.82) is 0 Å². The summed E-state index contributed by atoms with van der Waals surface area (Å²) in [5.74, 6) is -3.05. The Bertz CT molecular complexity index is 741. The van der Waals surface area contributed by atoms with Gasteiger partial charge in [-0.3, -0.25) is 9.59 Å². The van der Waals surface area contributed by atoms with E-state index in [1.807, 2.05) is 13.8 Å². The van der Waals surface area contributed by atoms with Crippen LogP contribution in [-0.4, -0.2) is 11.8 Å². The normalized spacial score (nSPS) is 10.8. The molecule has 0 saturated heterocycles. The Morgan fingerprint density at radius 1 is 1.18 bits per heavy atom. The molecule has 1 aromatic carbocycles. The first-order chi connectivity index (χ1) is 10.3. The highest BCUT2D eigenvalue weighted by Gasteiger charge is 2.19. The summed E-state index contributed by atoms with van der Waals surface area (Å²) in [4.78, 5) is 24.4. The molecule has 0 saturated carbocycles. The van der Waals surface area contributed by atoms with Crippen LogP contribution in [0, 0.1) is 11.6 Å². The monoisotopic (exact) mass is 324 g/mol. The van der Waals surface area contributed by atoms with Crippen molar-refractivity contribution in [3.05, 3.63) is 51.9 Å².